The summed E-state index contributed by atoms with van der Waals surface area (Å²) in [6.07, 6.45) is 1.43. The lowest BCUT2D eigenvalue weighted by Crippen LogP contribution is -2.39. The number of carbonyl (C=O) groups excluding carboxylic acids is 1. The molecular formula is C31H30BrN3O6S. The third-order valence-electron chi connectivity index (χ3n) is 6.10. The lowest BCUT2D eigenvalue weighted by molar-refractivity contribution is -0.119. The highest BCUT2D eigenvalue weighted by Crippen LogP contribution is 2.37. The molecule has 0 saturated heterocycles. The molecule has 0 radical (unpaired) electrons. The molecule has 0 heterocycles. The number of carbonyl (C=O) groups is 1. The number of sulfonamides is 1. The number of benzene rings is 4. The molecule has 11 heteroatoms. The lowest BCUT2D eigenvalue weighted by atomic mass is 10.2. The highest BCUT2D eigenvalue weighted by molar-refractivity contribution is 9.10. The fraction of sp³-hybridized carbons (Fsp3) is 0.161. The van der Waals surface area contributed by atoms with Crippen LogP contribution in [0.25, 0.3) is 0 Å². The second-order valence-corrected chi connectivity index (χ2v) is 11.8. The second-order valence-electron chi connectivity index (χ2n) is 9.10. The molecule has 0 atom stereocenters. The number of hydrogen-bond donors (Lipinski definition) is 1. The Balaban J connectivity index is 1.53. The molecule has 4 aromatic carbocycles. The van der Waals surface area contributed by atoms with Gasteiger partial charge >= 0.3 is 0 Å². The van der Waals surface area contributed by atoms with Crippen molar-refractivity contribution in [2.75, 3.05) is 25.1 Å². The van der Waals surface area contributed by atoms with Crippen LogP contribution in [-0.4, -0.2) is 41.3 Å². The maximum atomic E-state index is 13.6. The number of nitrogens with zero attached hydrogens (tertiary/aromatic N) is 2. The molecule has 0 spiro atoms. The largest absolute Gasteiger partial charge is 0.495 e. The van der Waals surface area contributed by atoms with E-state index in [4.69, 9.17) is 14.2 Å². The molecule has 0 saturated carbocycles. The summed E-state index contributed by atoms with van der Waals surface area (Å²) < 4.78 is 45.8. The summed E-state index contributed by atoms with van der Waals surface area (Å²) in [5, 5.41) is 4.05. The number of hydrazone groups is 1. The number of aryl methyl sites for hydroxylation is 1. The number of ether oxygens (including phenoxy) is 3. The maximum Gasteiger partial charge on any atom is 0.264 e. The monoisotopic (exact) mass is 651 g/mol. The third kappa shape index (κ3) is 7.48. The van der Waals surface area contributed by atoms with Crippen LogP contribution in [0.5, 0.6) is 17.2 Å². The zero-order chi connectivity index (χ0) is 30.1. The molecule has 1 N–H and O–H groups in total. The summed E-state index contributed by atoms with van der Waals surface area (Å²) in [5.74, 6) is 0.655. The number of amides is 1. The van der Waals surface area contributed by atoms with Crippen molar-refractivity contribution in [3.05, 3.63) is 112 Å². The SMILES string of the molecule is COc1ccc(C)cc1N(CC(=O)N/N=C/c1cc(Br)c(OCc2ccccc2)c(OC)c1)S(=O)(=O)c1ccccc1. The Morgan fingerprint density at radius 1 is 0.929 bits per heavy atom. The van der Waals surface area contributed by atoms with Crippen LogP contribution in [0.3, 0.4) is 0 Å². The van der Waals surface area contributed by atoms with Crippen molar-refractivity contribution in [2.24, 2.45) is 5.10 Å². The highest BCUT2D eigenvalue weighted by atomic mass is 79.9. The molecule has 0 fully saturated rings. The highest BCUT2D eigenvalue weighted by Gasteiger charge is 2.29. The van der Waals surface area contributed by atoms with Gasteiger partial charge in [-0.05, 0) is 75.9 Å². The summed E-state index contributed by atoms with van der Waals surface area (Å²) in [6, 6.07) is 26.2. The maximum absolute atomic E-state index is 13.6. The number of halogens is 1. The average Bonchev–Trinajstić information content (AvgIpc) is 3.00. The number of hydrogen-bond acceptors (Lipinski definition) is 7. The van der Waals surface area contributed by atoms with Gasteiger partial charge in [0, 0.05) is 0 Å². The Kier molecular flexibility index (Phi) is 10.2. The number of anilines is 1. The Labute approximate surface area is 253 Å². The molecule has 0 aromatic heterocycles. The minimum absolute atomic E-state index is 0.0383. The number of nitrogens with one attached hydrogen (secondary N) is 1. The van der Waals surface area contributed by atoms with Crippen LogP contribution in [-0.2, 0) is 21.4 Å². The normalized spacial score (nSPS) is 11.2. The van der Waals surface area contributed by atoms with Crippen molar-refractivity contribution in [1.82, 2.24) is 5.43 Å². The van der Waals surface area contributed by atoms with Crippen LogP contribution in [0.15, 0.2) is 105 Å². The fourth-order valence-electron chi connectivity index (χ4n) is 4.04. The summed E-state index contributed by atoms with van der Waals surface area (Å²) in [4.78, 5) is 13.1. The second kappa shape index (κ2) is 14.0. The summed E-state index contributed by atoms with van der Waals surface area (Å²) in [7, 11) is -1.15. The molecule has 218 valence electrons. The van der Waals surface area contributed by atoms with E-state index in [-0.39, 0.29) is 10.6 Å². The first-order valence-electron chi connectivity index (χ1n) is 12.8. The molecule has 42 heavy (non-hydrogen) atoms. The quantitative estimate of drug-likeness (QED) is 0.156. The zero-order valence-corrected chi connectivity index (χ0v) is 25.7. The first-order chi connectivity index (χ1) is 20.2. The van der Waals surface area contributed by atoms with Gasteiger partial charge in [-0.15, -0.1) is 0 Å². The molecule has 0 unspecified atom stereocenters. The minimum atomic E-state index is -4.12. The van der Waals surface area contributed by atoms with Crippen LogP contribution in [0, 0.1) is 6.92 Å². The van der Waals surface area contributed by atoms with E-state index in [0.29, 0.717) is 33.9 Å². The van der Waals surface area contributed by atoms with Crippen LogP contribution >= 0.6 is 15.9 Å². The van der Waals surface area contributed by atoms with E-state index in [0.717, 1.165) is 15.4 Å². The van der Waals surface area contributed by atoms with Gasteiger partial charge in [-0.2, -0.15) is 5.10 Å². The topological polar surface area (TPSA) is 107 Å². The Hall–Kier alpha value is -4.35. The van der Waals surface area contributed by atoms with E-state index in [9.17, 15) is 13.2 Å². The average molecular weight is 653 g/mol. The predicted molar refractivity (Wildman–Crippen MR) is 166 cm³/mol. The molecule has 9 nitrogen and oxygen atoms in total. The van der Waals surface area contributed by atoms with Gasteiger partial charge in [-0.25, -0.2) is 13.8 Å². The van der Waals surface area contributed by atoms with Gasteiger partial charge in [0.1, 0.15) is 18.9 Å². The van der Waals surface area contributed by atoms with Crippen LogP contribution in [0.2, 0.25) is 0 Å². The Morgan fingerprint density at radius 3 is 2.26 bits per heavy atom. The molecule has 1 amide bonds. The Morgan fingerprint density at radius 2 is 1.60 bits per heavy atom. The van der Waals surface area contributed by atoms with Gasteiger partial charge in [0.2, 0.25) is 0 Å². The van der Waals surface area contributed by atoms with Gasteiger partial charge in [0.05, 0.1) is 35.5 Å². The van der Waals surface area contributed by atoms with Gasteiger partial charge in [0.15, 0.2) is 11.5 Å². The molecule has 0 aliphatic carbocycles. The van der Waals surface area contributed by atoms with Crippen LogP contribution < -0.4 is 23.9 Å². The Bertz CT molecular complexity index is 1670. The lowest BCUT2D eigenvalue weighted by Gasteiger charge is -2.25. The van der Waals surface area contributed by atoms with E-state index in [2.05, 4.69) is 26.5 Å². The third-order valence-corrected chi connectivity index (χ3v) is 8.47. The van der Waals surface area contributed by atoms with Crippen molar-refractivity contribution in [3.63, 3.8) is 0 Å². The van der Waals surface area contributed by atoms with E-state index >= 15 is 0 Å². The van der Waals surface area contributed by atoms with Crippen molar-refractivity contribution < 1.29 is 27.4 Å². The van der Waals surface area contributed by atoms with Crippen LogP contribution in [0.1, 0.15) is 16.7 Å². The van der Waals surface area contributed by atoms with Crippen molar-refractivity contribution in [3.8, 4) is 17.2 Å². The molecule has 4 rings (SSSR count). The van der Waals surface area contributed by atoms with Gasteiger partial charge in [-0.1, -0.05) is 54.6 Å². The van der Waals surface area contributed by atoms with E-state index in [1.807, 2.05) is 37.3 Å². The van der Waals surface area contributed by atoms with Gasteiger partial charge in [-0.3, -0.25) is 9.10 Å². The molecule has 4 aromatic rings. The number of rotatable bonds is 12. The first-order valence-corrected chi connectivity index (χ1v) is 15.0. The molecular weight excluding hydrogens is 622 g/mol. The summed E-state index contributed by atoms with van der Waals surface area (Å²) >= 11 is 3.52. The van der Waals surface area contributed by atoms with Crippen molar-refractivity contribution >= 4 is 43.8 Å². The van der Waals surface area contributed by atoms with Gasteiger partial charge in [0.25, 0.3) is 15.9 Å². The van der Waals surface area contributed by atoms with Crippen molar-refractivity contribution in [2.45, 2.75) is 18.4 Å². The van der Waals surface area contributed by atoms with E-state index < -0.39 is 22.5 Å². The standard InChI is InChI=1S/C31H30BrN3O6S/c1-22-14-15-28(39-2)27(16-22)35(42(37,38)25-12-8-5-9-13-25)20-30(36)34-33-19-24-17-26(32)31(29(18-24)40-3)41-21-23-10-6-4-7-11-23/h4-19H,20-21H2,1-3H3,(H,34,36)/b33-19+. The molecule has 0 aliphatic rings. The fourth-order valence-corrected chi connectivity index (χ4v) is 6.06. The van der Waals surface area contributed by atoms with E-state index in [1.165, 1.54) is 32.6 Å². The minimum Gasteiger partial charge on any atom is -0.495 e. The molecule has 0 aliphatic heterocycles. The van der Waals surface area contributed by atoms with Crippen LogP contribution in [0.4, 0.5) is 5.69 Å². The van der Waals surface area contributed by atoms with Crippen molar-refractivity contribution in [1.29, 1.82) is 0 Å². The predicted octanol–water partition coefficient (Wildman–Crippen LogP) is 5.70. The number of methoxy groups -OCH3 is 2. The smallest absolute Gasteiger partial charge is 0.264 e. The van der Waals surface area contributed by atoms with Gasteiger partial charge < -0.3 is 14.2 Å². The van der Waals surface area contributed by atoms with E-state index in [1.54, 1.807) is 48.5 Å². The first kappa shape index (κ1) is 30.6. The summed E-state index contributed by atoms with van der Waals surface area (Å²) in [5.41, 5.74) is 5.07. The molecule has 0 bridgehead atoms. The summed E-state index contributed by atoms with van der Waals surface area (Å²) in [6.45, 7) is 1.64. The zero-order valence-electron chi connectivity index (χ0n) is 23.3.